The Morgan fingerprint density at radius 1 is 1.26 bits per heavy atom. The second kappa shape index (κ2) is 8.14. The van der Waals surface area contributed by atoms with Gasteiger partial charge in [0.25, 0.3) is 0 Å². The van der Waals surface area contributed by atoms with Gasteiger partial charge in [-0.25, -0.2) is 9.98 Å². The molecule has 0 aliphatic heterocycles. The minimum Gasteiger partial charge on any atom is -0.481 e. The number of guanidine groups is 1. The van der Waals surface area contributed by atoms with Crippen molar-refractivity contribution in [3.63, 3.8) is 0 Å². The molecule has 3 N–H and O–H groups in total. The van der Waals surface area contributed by atoms with E-state index in [-0.39, 0.29) is 24.0 Å². The number of nitrogens with two attached hydrogens (primary N) is 1. The highest BCUT2D eigenvalue weighted by atomic mass is 127. The van der Waals surface area contributed by atoms with Crippen molar-refractivity contribution in [2.24, 2.45) is 10.7 Å². The predicted octanol–water partition coefficient (Wildman–Crippen LogP) is 3.12. The molecule has 1 aliphatic carbocycles. The molecule has 0 saturated carbocycles. The largest absolute Gasteiger partial charge is 0.481 e. The Morgan fingerprint density at radius 2 is 2.09 bits per heavy atom. The number of aromatic nitrogens is 1. The van der Waals surface area contributed by atoms with Crippen molar-refractivity contribution in [3.05, 3.63) is 53.2 Å². The smallest absolute Gasteiger partial charge is 0.213 e. The van der Waals surface area contributed by atoms with Crippen molar-refractivity contribution in [1.82, 2.24) is 4.98 Å². The maximum Gasteiger partial charge on any atom is 0.213 e. The highest BCUT2D eigenvalue weighted by Gasteiger charge is 2.10. The van der Waals surface area contributed by atoms with Gasteiger partial charge >= 0.3 is 0 Å². The van der Waals surface area contributed by atoms with Crippen LogP contribution in [0.4, 0.5) is 5.69 Å². The molecule has 1 aliphatic rings. The molecule has 5 nitrogen and oxygen atoms in total. The molecule has 0 radical (unpaired) electrons. The van der Waals surface area contributed by atoms with E-state index in [1.807, 2.05) is 12.1 Å². The van der Waals surface area contributed by atoms with E-state index in [9.17, 15) is 0 Å². The van der Waals surface area contributed by atoms with E-state index in [0.717, 1.165) is 17.8 Å². The Bertz CT molecular complexity index is 703. The fourth-order valence-corrected chi connectivity index (χ4v) is 2.66. The number of aryl methyl sites for hydroxylation is 2. The summed E-state index contributed by atoms with van der Waals surface area (Å²) in [5, 5.41) is 3.14. The second-order valence-corrected chi connectivity index (χ2v) is 5.33. The number of fused-ring (bicyclic) bond motifs is 1. The average molecular weight is 424 g/mol. The van der Waals surface area contributed by atoms with Crippen LogP contribution in [0.1, 0.15) is 23.2 Å². The van der Waals surface area contributed by atoms with Gasteiger partial charge in [0, 0.05) is 11.8 Å². The number of hydrogen-bond acceptors (Lipinski definition) is 3. The molecule has 23 heavy (non-hydrogen) atoms. The fourth-order valence-electron chi connectivity index (χ4n) is 2.66. The van der Waals surface area contributed by atoms with Gasteiger partial charge in [0.1, 0.15) is 0 Å². The molecule has 1 aromatic heterocycles. The van der Waals surface area contributed by atoms with Crippen LogP contribution in [0, 0.1) is 0 Å². The number of ether oxygens (including phenoxy) is 1. The number of aliphatic imine (C=N–C) groups is 1. The highest BCUT2D eigenvalue weighted by Crippen LogP contribution is 2.24. The summed E-state index contributed by atoms with van der Waals surface area (Å²) in [6.45, 7) is 0.418. The normalized spacial score (nSPS) is 13.2. The first-order valence-corrected chi connectivity index (χ1v) is 7.43. The Morgan fingerprint density at radius 3 is 2.91 bits per heavy atom. The summed E-state index contributed by atoms with van der Waals surface area (Å²) in [6, 6.07) is 12.0. The van der Waals surface area contributed by atoms with E-state index in [0.29, 0.717) is 18.4 Å². The lowest BCUT2D eigenvalue weighted by atomic mass is 10.1. The van der Waals surface area contributed by atoms with Crippen molar-refractivity contribution in [2.45, 2.75) is 25.8 Å². The van der Waals surface area contributed by atoms with Crippen LogP contribution in [0.5, 0.6) is 5.88 Å². The third kappa shape index (κ3) is 4.57. The Kier molecular flexibility index (Phi) is 6.20. The van der Waals surface area contributed by atoms with Gasteiger partial charge in [0.15, 0.2) is 5.96 Å². The van der Waals surface area contributed by atoms with E-state index in [1.54, 1.807) is 13.2 Å². The first-order chi connectivity index (χ1) is 10.7. The van der Waals surface area contributed by atoms with Crippen LogP contribution in [0.3, 0.4) is 0 Å². The zero-order valence-corrected chi connectivity index (χ0v) is 15.4. The third-order valence-corrected chi connectivity index (χ3v) is 3.77. The van der Waals surface area contributed by atoms with Crippen molar-refractivity contribution < 1.29 is 4.74 Å². The molecular weight excluding hydrogens is 403 g/mol. The molecule has 0 atom stereocenters. The molecule has 1 heterocycles. The quantitative estimate of drug-likeness (QED) is 0.450. The van der Waals surface area contributed by atoms with Gasteiger partial charge < -0.3 is 15.8 Å². The van der Waals surface area contributed by atoms with Crippen LogP contribution in [-0.4, -0.2) is 18.1 Å². The molecule has 6 heteroatoms. The number of methoxy groups -OCH3 is 1. The monoisotopic (exact) mass is 424 g/mol. The molecule has 1 aromatic carbocycles. The zero-order chi connectivity index (χ0) is 15.4. The summed E-state index contributed by atoms with van der Waals surface area (Å²) >= 11 is 0. The van der Waals surface area contributed by atoms with Crippen molar-refractivity contribution >= 4 is 35.6 Å². The van der Waals surface area contributed by atoms with Crippen molar-refractivity contribution in [3.8, 4) is 5.88 Å². The molecule has 0 bridgehead atoms. The van der Waals surface area contributed by atoms with E-state index < -0.39 is 0 Å². The number of halogens is 1. The lowest BCUT2D eigenvalue weighted by molar-refractivity contribution is 0.396. The lowest BCUT2D eigenvalue weighted by Gasteiger charge is -2.08. The van der Waals surface area contributed by atoms with Crippen molar-refractivity contribution in [2.75, 3.05) is 12.4 Å². The summed E-state index contributed by atoms with van der Waals surface area (Å²) in [7, 11) is 1.60. The maximum absolute atomic E-state index is 5.95. The molecule has 0 spiro atoms. The molecule has 0 fully saturated rings. The van der Waals surface area contributed by atoms with Crippen LogP contribution < -0.4 is 15.8 Å². The number of nitrogens with one attached hydrogen (secondary N) is 1. The molecule has 0 saturated heterocycles. The van der Waals surface area contributed by atoms with E-state index >= 15 is 0 Å². The van der Waals surface area contributed by atoms with Gasteiger partial charge in [0.05, 0.1) is 19.3 Å². The minimum atomic E-state index is 0. The predicted molar refractivity (Wildman–Crippen MR) is 104 cm³/mol. The topological polar surface area (TPSA) is 72.5 Å². The van der Waals surface area contributed by atoms with Gasteiger partial charge in [-0.1, -0.05) is 12.1 Å². The van der Waals surface area contributed by atoms with E-state index in [2.05, 4.69) is 33.5 Å². The molecule has 122 valence electrons. The fraction of sp³-hybridized carbons (Fsp3) is 0.294. The molecule has 3 rings (SSSR count). The molecule has 2 aromatic rings. The van der Waals surface area contributed by atoms with Crippen LogP contribution in [0.15, 0.2) is 41.4 Å². The summed E-state index contributed by atoms with van der Waals surface area (Å²) in [6.07, 6.45) is 3.57. The summed E-state index contributed by atoms with van der Waals surface area (Å²) in [5.41, 5.74) is 10.6. The lowest BCUT2D eigenvalue weighted by Crippen LogP contribution is -2.22. The van der Waals surface area contributed by atoms with Gasteiger partial charge in [-0.05, 0) is 48.6 Å². The van der Waals surface area contributed by atoms with Gasteiger partial charge in [-0.2, -0.15) is 0 Å². The number of pyridine rings is 1. The minimum absolute atomic E-state index is 0. The van der Waals surface area contributed by atoms with Crippen LogP contribution in [0.2, 0.25) is 0 Å². The first-order valence-electron chi connectivity index (χ1n) is 7.43. The summed E-state index contributed by atoms with van der Waals surface area (Å²) in [5.74, 6) is 0.973. The standard InChI is InChI=1S/C17H20N4O.HI/c1-22-16-7-3-6-15(20-16)11-19-17(18)21-14-9-8-12-4-2-5-13(12)10-14;/h3,6-10H,2,4-5,11H2,1H3,(H3,18,19,21);1H. The second-order valence-electron chi connectivity index (χ2n) is 5.33. The molecule has 0 unspecified atom stereocenters. The molecule has 0 amide bonds. The van der Waals surface area contributed by atoms with Crippen LogP contribution in [-0.2, 0) is 19.4 Å². The van der Waals surface area contributed by atoms with E-state index in [1.165, 1.54) is 24.0 Å². The van der Waals surface area contributed by atoms with Crippen LogP contribution in [0.25, 0.3) is 0 Å². The van der Waals surface area contributed by atoms with Gasteiger partial charge in [0.2, 0.25) is 5.88 Å². The van der Waals surface area contributed by atoms with Gasteiger partial charge in [-0.3, -0.25) is 0 Å². The number of anilines is 1. The molecular formula is C17H21IN4O. The first kappa shape index (κ1) is 17.5. The number of hydrogen-bond donors (Lipinski definition) is 2. The number of rotatable bonds is 4. The number of nitrogens with zero attached hydrogens (tertiary/aromatic N) is 2. The third-order valence-electron chi connectivity index (χ3n) is 3.77. The van der Waals surface area contributed by atoms with Gasteiger partial charge in [-0.15, -0.1) is 24.0 Å². The van der Waals surface area contributed by atoms with Crippen molar-refractivity contribution in [1.29, 1.82) is 0 Å². The SMILES string of the molecule is COc1cccc(CN=C(N)Nc2ccc3c(c2)CCC3)n1.I. The Balaban J connectivity index is 0.00000192. The van der Waals surface area contributed by atoms with E-state index in [4.69, 9.17) is 10.5 Å². The van der Waals surface area contributed by atoms with Crippen LogP contribution >= 0.6 is 24.0 Å². The maximum atomic E-state index is 5.95. The zero-order valence-electron chi connectivity index (χ0n) is 13.1. The summed E-state index contributed by atoms with van der Waals surface area (Å²) in [4.78, 5) is 8.63. The average Bonchev–Trinajstić information content (AvgIpc) is 3.01. The highest BCUT2D eigenvalue weighted by molar-refractivity contribution is 14.0. The number of benzene rings is 1. The Hall–Kier alpha value is -1.83. The summed E-state index contributed by atoms with van der Waals surface area (Å²) < 4.78 is 5.09. The Labute approximate surface area is 153 Å².